The number of ether oxygens (including phenoxy) is 1. The van der Waals surface area contributed by atoms with E-state index in [1.807, 2.05) is 36.2 Å². The monoisotopic (exact) mass is 494 g/mol. The fourth-order valence-corrected chi connectivity index (χ4v) is 4.02. The van der Waals surface area contributed by atoms with Crippen molar-refractivity contribution in [3.63, 3.8) is 0 Å². The van der Waals surface area contributed by atoms with Crippen molar-refractivity contribution in [1.82, 2.24) is 29.4 Å². The fraction of sp³-hybridized carbons (Fsp3) is 0.148. The van der Waals surface area contributed by atoms with Crippen LogP contribution in [0.4, 0.5) is 10.2 Å². The summed E-state index contributed by atoms with van der Waals surface area (Å²) < 4.78 is 22.0. The Bertz CT molecular complexity index is 1600. The molecule has 9 nitrogen and oxygen atoms in total. The quantitative estimate of drug-likeness (QED) is 0.287. The van der Waals surface area contributed by atoms with Crippen LogP contribution in [-0.2, 0) is 0 Å². The Balaban J connectivity index is 1.41. The van der Waals surface area contributed by atoms with Crippen molar-refractivity contribution in [2.24, 2.45) is 0 Å². The molecule has 5 aromatic rings. The molecule has 0 aliphatic rings. The molecule has 5 rings (SSSR count). The summed E-state index contributed by atoms with van der Waals surface area (Å²) in [5.74, 6) is 1.49. The van der Waals surface area contributed by atoms with E-state index in [-0.39, 0.29) is 6.04 Å². The smallest absolute Gasteiger partial charge is 0.161 e. The van der Waals surface area contributed by atoms with Gasteiger partial charge >= 0.3 is 0 Å². The van der Waals surface area contributed by atoms with E-state index >= 15 is 0 Å². The van der Waals surface area contributed by atoms with E-state index in [9.17, 15) is 9.65 Å². The first-order chi connectivity index (χ1) is 18.0. The molecule has 0 fully saturated rings. The number of rotatable bonds is 8. The molecule has 0 amide bonds. The van der Waals surface area contributed by atoms with Crippen LogP contribution in [0.5, 0.6) is 5.75 Å². The molecule has 10 heteroatoms. The van der Waals surface area contributed by atoms with Gasteiger partial charge in [0.2, 0.25) is 0 Å². The third-order valence-corrected chi connectivity index (χ3v) is 6.12. The van der Waals surface area contributed by atoms with E-state index in [2.05, 4.69) is 39.7 Å². The Morgan fingerprint density at radius 1 is 1.14 bits per heavy atom. The van der Waals surface area contributed by atoms with Gasteiger partial charge in [-0.1, -0.05) is 18.7 Å². The first kappa shape index (κ1) is 23.7. The summed E-state index contributed by atoms with van der Waals surface area (Å²) in [5.41, 5.74) is 3.74. The minimum absolute atomic E-state index is 0.0309. The van der Waals surface area contributed by atoms with Crippen molar-refractivity contribution in [3.05, 3.63) is 97.1 Å². The van der Waals surface area contributed by atoms with Crippen molar-refractivity contribution in [2.45, 2.75) is 13.0 Å². The highest BCUT2D eigenvalue weighted by Crippen LogP contribution is 2.32. The Morgan fingerprint density at radius 2 is 2.00 bits per heavy atom. The Labute approximate surface area is 212 Å². The zero-order valence-corrected chi connectivity index (χ0v) is 20.3. The molecule has 0 spiro atoms. The maximum Gasteiger partial charge on any atom is 0.161 e. The van der Waals surface area contributed by atoms with Gasteiger partial charge in [-0.25, -0.2) is 23.6 Å². The molecule has 0 aliphatic carbocycles. The Hall–Kier alpha value is -5.04. The van der Waals surface area contributed by atoms with Crippen LogP contribution >= 0.6 is 0 Å². The maximum atomic E-state index is 13.3. The number of anilines is 1. The van der Waals surface area contributed by atoms with Gasteiger partial charge in [0.1, 0.15) is 24.2 Å². The highest BCUT2D eigenvalue weighted by molar-refractivity contribution is 5.85. The van der Waals surface area contributed by atoms with Crippen molar-refractivity contribution >= 4 is 11.3 Å². The van der Waals surface area contributed by atoms with Gasteiger partial charge < -0.3 is 9.64 Å². The first-order valence-corrected chi connectivity index (χ1v) is 11.5. The summed E-state index contributed by atoms with van der Waals surface area (Å²) >= 11 is 0. The van der Waals surface area contributed by atoms with Gasteiger partial charge in [-0.15, -0.1) is 0 Å². The molecule has 0 aromatic carbocycles. The lowest BCUT2D eigenvalue weighted by Gasteiger charge is -2.26. The highest BCUT2D eigenvalue weighted by Gasteiger charge is 2.17. The van der Waals surface area contributed by atoms with Crippen LogP contribution in [0.1, 0.15) is 24.1 Å². The lowest BCUT2D eigenvalue weighted by molar-refractivity contribution is 0.361. The number of hydrogen-bond acceptors (Lipinski definition) is 7. The van der Waals surface area contributed by atoms with E-state index in [1.165, 1.54) is 17.1 Å². The van der Waals surface area contributed by atoms with E-state index in [4.69, 9.17) is 4.74 Å². The summed E-state index contributed by atoms with van der Waals surface area (Å²) in [5, 5.41) is 17.8. The van der Waals surface area contributed by atoms with Gasteiger partial charge in [0.15, 0.2) is 11.6 Å². The predicted octanol–water partition coefficient (Wildman–Crippen LogP) is 4.75. The van der Waals surface area contributed by atoms with Crippen LogP contribution in [-0.4, -0.2) is 43.0 Å². The van der Waals surface area contributed by atoms with Gasteiger partial charge in [0, 0.05) is 30.6 Å². The number of pyridine rings is 3. The molecule has 0 saturated heterocycles. The normalized spacial score (nSPS) is 11.7. The van der Waals surface area contributed by atoms with Crippen LogP contribution in [0.25, 0.3) is 22.5 Å². The van der Waals surface area contributed by atoms with Gasteiger partial charge in [0.25, 0.3) is 0 Å². The molecule has 0 N–H and O–H groups in total. The van der Waals surface area contributed by atoms with E-state index in [1.54, 1.807) is 35.2 Å². The average molecular weight is 495 g/mol. The molecule has 1 atom stereocenters. The van der Waals surface area contributed by atoms with Crippen molar-refractivity contribution < 1.29 is 9.13 Å². The molecule has 5 aromatic heterocycles. The zero-order chi connectivity index (χ0) is 25.9. The predicted molar refractivity (Wildman–Crippen MR) is 137 cm³/mol. The van der Waals surface area contributed by atoms with E-state index in [0.717, 1.165) is 28.7 Å². The molecule has 5 heterocycles. The van der Waals surface area contributed by atoms with Gasteiger partial charge in [-0.2, -0.15) is 15.5 Å². The molecule has 0 aliphatic heterocycles. The van der Waals surface area contributed by atoms with Crippen LogP contribution in [0.15, 0.2) is 80.2 Å². The van der Waals surface area contributed by atoms with Crippen LogP contribution < -0.4 is 9.64 Å². The summed E-state index contributed by atoms with van der Waals surface area (Å²) in [4.78, 5) is 11.1. The number of aromatic nitrogens is 6. The summed E-state index contributed by atoms with van der Waals surface area (Å²) in [6, 6.07) is 11.7. The Morgan fingerprint density at radius 3 is 2.65 bits per heavy atom. The zero-order valence-electron chi connectivity index (χ0n) is 20.3. The number of fused-ring (bicyclic) bond motifs is 1. The molecule has 37 heavy (non-hydrogen) atoms. The first-order valence-electron chi connectivity index (χ1n) is 11.5. The third kappa shape index (κ3) is 4.62. The lowest BCUT2D eigenvalue weighted by Crippen LogP contribution is -2.22. The average Bonchev–Trinajstić information content (AvgIpc) is 3.56. The van der Waals surface area contributed by atoms with Crippen LogP contribution in [0, 0.1) is 17.1 Å². The topological polar surface area (TPSA) is 97.2 Å². The standard InChI is InChI=1S/C27H23FN8O/c1-4-9-37-23-10-24(27-21(11-29)14-32-36(27)17-23)20-6-7-25(30-13-20)34(3)18(2)19-5-8-26(31-12-19)35-16-22(28)15-33-35/h4-8,10,12-18H,1,9H2,2-3H3. The molecule has 1 unspecified atom stereocenters. The van der Waals surface area contributed by atoms with Gasteiger partial charge in [-0.05, 0) is 36.8 Å². The number of nitriles is 1. The molecule has 0 bridgehead atoms. The van der Waals surface area contributed by atoms with Crippen molar-refractivity contribution in [3.8, 4) is 28.8 Å². The number of halogens is 1. The second-order valence-corrected chi connectivity index (χ2v) is 8.40. The second kappa shape index (κ2) is 9.91. The fourth-order valence-electron chi connectivity index (χ4n) is 4.02. The highest BCUT2D eigenvalue weighted by atomic mass is 19.1. The Kier molecular flexibility index (Phi) is 6.34. The van der Waals surface area contributed by atoms with Crippen molar-refractivity contribution in [1.29, 1.82) is 5.26 Å². The van der Waals surface area contributed by atoms with E-state index < -0.39 is 5.82 Å². The minimum Gasteiger partial charge on any atom is -0.488 e. The molecular weight excluding hydrogens is 471 g/mol. The molecule has 0 radical (unpaired) electrons. The third-order valence-electron chi connectivity index (χ3n) is 6.12. The summed E-state index contributed by atoms with van der Waals surface area (Å²) in [6.45, 7) is 6.09. The number of nitrogens with zero attached hydrogens (tertiary/aromatic N) is 8. The second-order valence-electron chi connectivity index (χ2n) is 8.40. The molecule has 184 valence electrons. The lowest BCUT2D eigenvalue weighted by atomic mass is 10.0. The molecular formula is C27H23FN8O. The van der Waals surface area contributed by atoms with Crippen LogP contribution in [0.3, 0.4) is 0 Å². The summed E-state index contributed by atoms with van der Waals surface area (Å²) in [6.07, 6.45) is 10.9. The van der Waals surface area contributed by atoms with Crippen molar-refractivity contribution in [2.75, 3.05) is 18.6 Å². The minimum atomic E-state index is -0.415. The summed E-state index contributed by atoms with van der Waals surface area (Å²) in [7, 11) is 1.95. The SMILES string of the molecule is C=CCOc1cc(-c2ccc(N(C)C(C)c3ccc(-n4cc(F)cn4)nc3)nc2)c2c(C#N)cnn2c1. The van der Waals surface area contributed by atoms with Crippen LogP contribution in [0.2, 0.25) is 0 Å². The largest absolute Gasteiger partial charge is 0.488 e. The number of hydrogen-bond donors (Lipinski definition) is 0. The molecule has 0 saturated carbocycles. The van der Waals surface area contributed by atoms with Gasteiger partial charge in [-0.3, -0.25) is 0 Å². The van der Waals surface area contributed by atoms with E-state index in [0.29, 0.717) is 29.3 Å². The van der Waals surface area contributed by atoms with Gasteiger partial charge in [0.05, 0.1) is 41.9 Å². The maximum absolute atomic E-state index is 13.3.